The largest absolute Gasteiger partial charge is 0.384 e. The van der Waals surface area contributed by atoms with Crippen LogP contribution in [0.1, 0.15) is 20.3 Å². The normalized spacial score (nSPS) is 28.3. The van der Waals surface area contributed by atoms with Gasteiger partial charge in [0, 0.05) is 46.4 Å². The van der Waals surface area contributed by atoms with Crippen molar-refractivity contribution >= 4 is 5.91 Å². The van der Waals surface area contributed by atoms with Gasteiger partial charge in [0.1, 0.15) is 0 Å². The Morgan fingerprint density at radius 1 is 1.30 bits per heavy atom. The van der Waals surface area contributed by atoms with E-state index in [0.29, 0.717) is 12.5 Å². The van der Waals surface area contributed by atoms with Crippen molar-refractivity contribution in [2.75, 3.05) is 59.5 Å². The van der Waals surface area contributed by atoms with Crippen LogP contribution in [-0.4, -0.2) is 75.2 Å². The van der Waals surface area contributed by atoms with E-state index in [1.54, 1.807) is 7.11 Å². The molecule has 2 fully saturated rings. The maximum Gasteiger partial charge on any atom is 0.232 e. The van der Waals surface area contributed by atoms with Crippen molar-refractivity contribution in [3.8, 4) is 0 Å². The van der Waals surface area contributed by atoms with Crippen molar-refractivity contribution in [2.45, 2.75) is 20.3 Å². The summed E-state index contributed by atoms with van der Waals surface area (Å²) in [7, 11) is 1.69. The van der Waals surface area contributed by atoms with Gasteiger partial charge >= 0.3 is 0 Å². The van der Waals surface area contributed by atoms with E-state index in [0.717, 1.165) is 52.2 Å². The summed E-state index contributed by atoms with van der Waals surface area (Å²) < 4.78 is 5.32. The summed E-state index contributed by atoms with van der Waals surface area (Å²) in [5, 5.41) is 3.31. The molecule has 0 saturated carbocycles. The van der Waals surface area contributed by atoms with E-state index in [1.807, 2.05) is 4.90 Å². The van der Waals surface area contributed by atoms with Crippen molar-refractivity contribution in [3.63, 3.8) is 0 Å². The molecule has 0 aromatic rings. The number of piperazine rings is 1. The molecule has 2 aliphatic heterocycles. The molecule has 1 N–H and O–H groups in total. The Labute approximate surface area is 122 Å². The van der Waals surface area contributed by atoms with Crippen molar-refractivity contribution in [2.24, 2.45) is 11.3 Å². The minimum absolute atomic E-state index is 0.286. The van der Waals surface area contributed by atoms with Gasteiger partial charge in [-0.3, -0.25) is 9.69 Å². The molecule has 1 amide bonds. The number of amides is 1. The van der Waals surface area contributed by atoms with Crippen LogP contribution in [0.5, 0.6) is 0 Å². The quantitative estimate of drug-likeness (QED) is 0.794. The summed E-state index contributed by atoms with van der Waals surface area (Å²) in [5.41, 5.74) is -0.324. The number of nitrogens with zero attached hydrogens (tertiary/aromatic N) is 2. The minimum atomic E-state index is -0.324. The average molecular weight is 283 g/mol. The molecule has 2 saturated heterocycles. The third kappa shape index (κ3) is 3.51. The van der Waals surface area contributed by atoms with E-state index < -0.39 is 0 Å². The zero-order valence-electron chi connectivity index (χ0n) is 13.2. The molecule has 0 spiro atoms. The van der Waals surface area contributed by atoms with E-state index >= 15 is 0 Å². The van der Waals surface area contributed by atoms with Gasteiger partial charge < -0.3 is 15.0 Å². The minimum Gasteiger partial charge on any atom is -0.384 e. The summed E-state index contributed by atoms with van der Waals surface area (Å²) in [6.45, 7) is 11.5. The molecule has 0 bridgehead atoms. The van der Waals surface area contributed by atoms with Gasteiger partial charge in [-0.15, -0.1) is 0 Å². The summed E-state index contributed by atoms with van der Waals surface area (Å²) in [5.74, 6) is 0.977. The number of ether oxygens (including phenoxy) is 1. The zero-order chi connectivity index (χ0) is 14.6. The smallest absolute Gasteiger partial charge is 0.232 e. The highest BCUT2D eigenvalue weighted by Gasteiger charge is 2.44. The number of hydrogen-bond donors (Lipinski definition) is 1. The molecule has 2 rings (SSSR count). The maximum absolute atomic E-state index is 12.8. The number of hydrogen-bond acceptors (Lipinski definition) is 4. The maximum atomic E-state index is 12.8. The summed E-state index contributed by atoms with van der Waals surface area (Å²) >= 11 is 0. The Balaban J connectivity index is 1.90. The second-order valence-electron chi connectivity index (χ2n) is 6.63. The standard InChI is InChI=1S/C15H29N3O2/c1-13(2)10-17-6-8-18(9-7-17)14(19)15(12-20-3)4-5-16-11-15/h13,16H,4-12H2,1-3H3. The molecule has 1 atom stereocenters. The van der Waals surface area contributed by atoms with E-state index in [9.17, 15) is 4.79 Å². The molecule has 0 radical (unpaired) electrons. The Hall–Kier alpha value is -0.650. The second-order valence-corrected chi connectivity index (χ2v) is 6.63. The third-order valence-corrected chi connectivity index (χ3v) is 4.40. The third-order valence-electron chi connectivity index (χ3n) is 4.40. The Bertz CT molecular complexity index is 319. The number of carbonyl (C=O) groups is 1. The molecule has 0 aromatic heterocycles. The van der Waals surface area contributed by atoms with Crippen molar-refractivity contribution in [1.29, 1.82) is 0 Å². The highest BCUT2D eigenvalue weighted by atomic mass is 16.5. The predicted molar refractivity (Wildman–Crippen MR) is 79.7 cm³/mol. The average Bonchev–Trinajstić information content (AvgIpc) is 2.88. The molecule has 2 aliphatic rings. The second kappa shape index (κ2) is 6.87. The Morgan fingerprint density at radius 2 is 2.00 bits per heavy atom. The highest BCUT2D eigenvalue weighted by Crippen LogP contribution is 2.29. The van der Waals surface area contributed by atoms with Crippen LogP contribution in [0.2, 0.25) is 0 Å². The lowest BCUT2D eigenvalue weighted by atomic mass is 9.86. The fourth-order valence-corrected chi connectivity index (χ4v) is 3.37. The van der Waals surface area contributed by atoms with Crippen LogP contribution >= 0.6 is 0 Å². The lowest BCUT2D eigenvalue weighted by Gasteiger charge is -2.39. The van der Waals surface area contributed by atoms with Crippen LogP contribution in [0.3, 0.4) is 0 Å². The van der Waals surface area contributed by atoms with Gasteiger partial charge in [-0.2, -0.15) is 0 Å². The van der Waals surface area contributed by atoms with Gasteiger partial charge in [0.05, 0.1) is 12.0 Å². The fourth-order valence-electron chi connectivity index (χ4n) is 3.37. The zero-order valence-corrected chi connectivity index (χ0v) is 13.2. The molecule has 2 heterocycles. The van der Waals surface area contributed by atoms with Crippen molar-refractivity contribution < 1.29 is 9.53 Å². The molecule has 20 heavy (non-hydrogen) atoms. The van der Waals surface area contributed by atoms with Crippen molar-refractivity contribution in [1.82, 2.24) is 15.1 Å². The summed E-state index contributed by atoms with van der Waals surface area (Å²) in [4.78, 5) is 17.3. The molecule has 0 aromatic carbocycles. The number of rotatable bonds is 5. The molecule has 0 aliphatic carbocycles. The Kier molecular flexibility index (Phi) is 5.41. The SMILES string of the molecule is COCC1(C(=O)N2CCN(CC(C)C)CC2)CCNC1. The Morgan fingerprint density at radius 3 is 2.50 bits per heavy atom. The first-order valence-electron chi connectivity index (χ1n) is 7.79. The summed E-state index contributed by atoms with van der Waals surface area (Å²) in [6.07, 6.45) is 0.895. The number of methoxy groups -OCH3 is 1. The first kappa shape index (κ1) is 15.7. The first-order chi connectivity index (χ1) is 9.57. The number of carbonyl (C=O) groups excluding carboxylic acids is 1. The predicted octanol–water partition coefficient (Wildman–Crippen LogP) is 0.413. The van der Waals surface area contributed by atoms with Gasteiger partial charge in [0.2, 0.25) is 5.91 Å². The fraction of sp³-hybridized carbons (Fsp3) is 0.933. The molecule has 5 heteroatoms. The highest BCUT2D eigenvalue weighted by molar-refractivity contribution is 5.83. The van der Waals surface area contributed by atoms with Crippen LogP contribution < -0.4 is 5.32 Å². The van der Waals surface area contributed by atoms with Gasteiger partial charge in [-0.05, 0) is 18.9 Å². The lowest BCUT2D eigenvalue weighted by Crippen LogP contribution is -2.55. The van der Waals surface area contributed by atoms with Gasteiger partial charge in [0.25, 0.3) is 0 Å². The topological polar surface area (TPSA) is 44.8 Å². The molecule has 5 nitrogen and oxygen atoms in total. The summed E-state index contributed by atoms with van der Waals surface area (Å²) in [6, 6.07) is 0. The van der Waals surface area contributed by atoms with Gasteiger partial charge in [0.15, 0.2) is 0 Å². The van der Waals surface area contributed by atoms with Crippen molar-refractivity contribution in [3.05, 3.63) is 0 Å². The van der Waals surface area contributed by atoms with Gasteiger partial charge in [-0.1, -0.05) is 13.8 Å². The van der Waals surface area contributed by atoms with Crippen LogP contribution in [0, 0.1) is 11.3 Å². The lowest BCUT2D eigenvalue weighted by molar-refractivity contribution is -0.146. The molecule has 116 valence electrons. The van der Waals surface area contributed by atoms with Gasteiger partial charge in [-0.25, -0.2) is 0 Å². The van der Waals surface area contributed by atoms with Crippen LogP contribution in [0.4, 0.5) is 0 Å². The van der Waals surface area contributed by atoms with E-state index in [2.05, 4.69) is 24.1 Å². The van der Waals surface area contributed by atoms with E-state index in [-0.39, 0.29) is 11.3 Å². The molecule has 1 unspecified atom stereocenters. The van der Waals surface area contributed by atoms with Crippen LogP contribution in [0.25, 0.3) is 0 Å². The van der Waals surface area contributed by atoms with E-state index in [1.165, 1.54) is 0 Å². The van der Waals surface area contributed by atoms with Crippen LogP contribution in [-0.2, 0) is 9.53 Å². The molecular weight excluding hydrogens is 254 g/mol. The molecular formula is C15H29N3O2. The van der Waals surface area contributed by atoms with E-state index in [4.69, 9.17) is 4.74 Å². The first-order valence-corrected chi connectivity index (χ1v) is 7.79. The number of nitrogens with one attached hydrogen (secondary N) is 1. The monoisotopic (exact) mass is 283 g/mol. The van der Waals surface area contributed by atoms with Crippen LogP contribution in [0.15, 0.2) is 0 Å².